The molecule has 0 atom stereocenters. The van der Waals surface area contributed by atoms with E-state index in [0.29, 0.717) is 24.5 Å². The average molecular weight is 415 g/mol. The van der Waals surface area contributed by atoms with Gasteiger partial charge in [-0.15, -0.1) is 0 Å². The largest absolute Gasteiger partial charge is 0.493 e. The minimum Gasteiger partial charge on any atom is -0.493 e. The van der Waals surface area contributed by atoms with Gasteiger partial charge in [0.25, 0.3) is 5.91 Å². The van der Waals surface area contributed by atoms with Gasteiger partial charge in [-0.2, -0.15) is 0 Å². The molecule has 7 heteroatoms. The van der Waals surface area contributed by atoms with Crippen LogP contribution in [0.5, 0.6) is 17.2 Å². The van der Waals surface area contributed by atoms with Crippen molar-refractivity contribution in [1.29, 1.82) is 0 Å². The molecular weight excluding hydrogens is 386 g/mol. The second-order valence-corrected chi connectivity index (χ2v) is 6.82. The number of hydrogen-bond donors (Lipinski definition) is 1. The second kappa shape index (κ2) is 11.7. The molecule has 0 spiro atoms. The first-order valence-electron chi connectivity index (χ1n) is 9.76. The first-order valence-corrected chi connectivity index (χ1v) is 9.76. The molecule has 0 unspecified atom stereocenters. The van der Waals surface area contributed by atoms with Gasteiger partial charge in [0.05, 0.1) is 27.2 Å². The lowest BCUT2D eigenvalue weighted by atomic mass is 10.1. The zero-order chi connectivity index (χ0) is 21.9. The molecule has 1 N–H and O–H groups in total. The summed E-state index contributed by atoms with van der Waals surface area (Å²) in [7, 11) is 3.15. The van der Waals surface area contributed by atoms with Gasteiger partial charge < -0.3 is 24.3 Å². The number of nitrogens with one attached hydrogen (secondary N) is 1. The SMILES string of the molecule is COc1ccc(CCNC(=O)COC(=O)CCOc2cc(C)ccc2C)cc1OC. The van der Waals surface area contributed by atoms with Gasteiger partial charge in [0.1, 0.15) is 5.75 Å². The van der Waals surface area contributed by atoms with E-state index in [0.717, 1.165) is 22.4 Å². The van der Waals surface area contributed by atoms with Crippen LogP contribution in [-0.2, 0) is 20.7 Å². The Labute approximate surface area is 177 Å². The predicted molar refractivity (Wildman–Crippen MR) is 113 cm³/mol. The van der Waals surface area contributed by atoms with Crippen LogP contribution in [-0.4, -0.2) is 45.9 Å². The maximum atomic E-state index is 11.9. The van der Waals surface area contributed by atoms with Crippen molar-refractivity contribution in [3.63, 3.8) is 0 Å². The third kappa shape index (κ3) is 7.31. The van der Waals surface area contributed by atoms with E-state index in [-0.39, 0.29) is 25.5 Å². The second-order valence-electron chi connectivity index (χ2n) is 6.82. The van der Waals surface area contributed by atoms with E-state index < -0.39 is 5.97 Å². The van der Waals surface area contributed by atoms with E-state index in [4.69, 9.17) is 18.9 Å². The van der Waals surface area contributed by atoms with Gasteiger partial charge in [-0.3, -0.25) is 9.59 Å². The van der Waals surface area contributed by atoms with Crippen molar-refractivity contribution < 1.29 is 28.5 Å². The molecular formula is C23H29NO6. The van der Waals surface area contributed by atoms with Crippen molar-refractivity contribution in [2.75, 3.05) is 34.0 Å². The summed E-state index contributed by atoms with van der Waals surface area (Å²) in [6.07, 6.45) is 0.691. The van der Waals surface area contributed by atoms with Crippen LogP contribution in [0.2, 0.25) is 0 Å². The molecule has 1 amide bonds. The maximum Gasteiger partial charge on any atom is 0.309 e. The number of methoxy groups -OCH3 is 2. The molecule has 0 saturated heterocycles. The Balaban J connectivity index is 1.64. The van der Waals surface area contributed by atoms with Gasteiger partial charge in [-0.05, 0) is 55.2 Å². The molecule has 0 saturated carbocycles. The number of carbonyl (C=O) groups is 2. The van der Waals surface area contributed by atoms with Crippen LogP contribution in [0.4, 0.5) is 0 Å². The molecule has 162 valence electrons. The molecule has 0 aromatic heterocycles. The highest BCUT2D eigenvalue weighted by molar-refractivity contribution is 5.80. The first-order chi connectivity index (χ1) is 14.4. The van der Waals surface area contributed by atoms with Crippen LogP contribution in [0.3, 0.4) is 0 Å². The Morgan fingerprint density at radius 3 is 2.43 bits per heavy atom. The molecule has 2 rings (SSSR count). The van der Waals surface area contributed by atoms with Crippen molar-refractivity contribution in [3.8, 4) is 17.2 Å². The van der Waals surface area contributed by atoms with Crippen molar-refractivity contribution >= 4 is 11.9 Å². The van der Waals surface area contributed by atoms with E-state index in [9.17, 15) is 9.59 Å². The fraction of sp³-hybridized carbons (Fsp3) is 0.391. The van der Waals surface area contributed by atoms with Crippen LogP contribution in [0.1, 0.15) is 23.1 Å². The van der Waals surface area contributed by atoms with E-state index in [1.807, 2.05) is 50.2 Å². The molecule has 7 nitrogen and oxygen atoms in total. The number of carbonyl (C=O) groups excluding carboxylic acids is 2. The topological polar surface area (TPSA) is 83.1 Å². The standard InChI is InChI=1S/C23H29NO6/c1-16-5-6-17(2)20(13-16)29-12-10-23(26)30-15-22(25)24-11-9-18-7-8-19(27-3)21(14-18)28-4/h5-8,13-14H,9-12,15H2,1-4H3,(H,24,25). The summed E-state index contributed by atoms with van der Waals surface area (Å²) in [6.45, 7) is 4.23. The molecule has 0 bridgehead atoms. The monoisotopic (exact) mass is 415 g/mol. The Morgan fingerprint density at radius 1 is 0.933 bits per heavy atom. The van der Waals surface area contributed by atoms with Crippen molar-refractivity contribution in [1.82, 2.24) is 5.32 Å². The quantitative estimate of drug-likeness (QED) is 0.568. The summed E-state index contributed by atoms with van der Waals surface area (Å²) in [5, 5.41) is 2.73. The number of aryl methyl sites for hydroxylation is 2. The van der Waals surface area contributed by atoms with Crippen LogP contribution >= 0.6 is 0 Å². The van der Waals surface area contributed by atoms with Crippen LogP contribution < -0.4 is 19.5 Å². The highest BCUT2D eigenvalue weighted by Crippen LogP contribution is 2.27. The zero-order valence-electron chi connectivity index (χ0n) is 17.9. The highest BCUT2D eigenvalue weighted by Gasteiger charge is 2.09. The lowest BCUT2D eigenvalue weighted by Gasteiger charge is -2.11. The molecule has 0 fully saturated rings. The molecule has 2 aromatic rings. The zero-order valence-corrected chi connectivity index (χ0v) is 17.9. The number of hydrogen-bond acceptors (Lipinski definition) is 6. The Morgan fingerprint density at radius 2 is 1.70 bits per heavy atom. The summed E-state index contributed by atoms with van der Waals surface area (Å²) in [6, 6.07) is 11.5. The average Bonchev–Trinajstić information content (AvgIpc) is 2.74. The summed E-state index contributed by atoms with van der Waals surface area (Å²) in [5.41, 5.74) is 3.08. The third-order valence-corrected chi connectivity index (χ3v) is 4.46. The summed E-state index contributed by atoms with van der Waals surface area (Å²) in [5.74, 6) is 1.21. The van der Waals surface area contributed by atoms with E-state index in [1.54, 1.807) is 14.2 Å². The van der Waals surface area contributed by atoms with E-state index in [1.165, 1.54) is 0 Å². The molecule has 0 aliphatic rings. The van der Waals surface area contributed by atoms with Crippen molar-refractivity contribution in [2.45, 2.75) is 26.7 Å². The van der Waals surface area contributed by atoms with Gasteiger partial charge >= 0.3 is 5.97 Å². The number of ether oxygens (including phenoxy) is 4. The van der Waals surface area contributed by atoms with Crippen molar-refractivity contribution in [2.24, 2.45) is 0 Å². The maximum absolute atomic E-state index is 11.9. The first kappa shape index (κ1) is 23.1. The Kier molecular flexibility index (Phi) is 9.00. The Bertz CT molecular complexity index is 865. The summed E-state index contributed by atoms with van der Waals surface area (Å²) >= 11 is 0. The molecule has 0 aliphatic carbocycles. The fourth-order valence-corrected chi connectivity index (χ4v) is 2.76. The minimum absolute atomic E-state index is 0.0757. The van der Waals surface area contributed by atoms with Crippen LogP contribution in [0, 0.1) is 13.8 Å². The molecule has 0 aliphatic heterocycles. The van der Waals surface area contributed by atoms with Gasteiger partial charge in [0, 0.05) is 6.54 Å². The minimum atomic E-state index is -0.477. The molecule has 0 radical (unpaired) electrons. The molecule has 30 heavy (non-hydrogen) atoms. The van der Waals surface area contributed by atoms with Crippen LogP contribution in [0.15, 0.2) is 36.4 Å². The van der Waals surface area contributed by atoms with Gasteiger partial charge in [0.15, 0.2) is 18.1 Å². The summed E-state index contributed by atoms with van der Waals surface area (Å²) < 4.78 is 21.1. The highest BCUT2D eigenvalue weighted by atomic mass is 16.5. The van der Waals surface area contributed by atoms with E-state index in [2.05, 4.69) is 5.32 Å². The number of benzene rings is 2. The lowest BCUT2D eigenvalue weighted by molar-refractivity contribution is -0.149. The number of rotatable bonds is 11. The fourth-order valence-electron chi connectivity index (χ4n) is 2.76. The van der Waals surface area contributed by atoms with Crippen molar-refractivity contribution in [3.05, 3.63) is 53.1 Å². The smallest absolute Gasteiger partial charge is 0.309 e. The van der Waals surface area contributed by atoms with Crippen LogP contribution in [0.25, 0.3) is 0 Å². The van der Waals surface area contributed by atoms with E-state index >= 15 is 0 Å². The predicted octanol–water partition coefficient (Wildman–Crippen LogP) is 2.99. The Hall–Kier alpha value is -3.22. The third-order valence-electron chi connectivity index (χ3n) is 4.46. The number of amides is 1. The number of esters is 1. The summed E-state index contributed by atoms with van der Waals surface area (Å²) in [4.78, 5) is 23.7. The normalized spacial score (nSPS) is 10.3. The molecule has 2 aromatic carbocycles. The van der Waals surface area contributed by atoms with Gasteiger partial charge in [-0.1, -0.05) is 18.2 Å². The lowest BCUT2D eigenvalue weighted by Crippen LogP contribution is -2.30. The van der Waals surface area contributed by atoms with Gasteiger partial charge in [0.2, 0.25) is 0 Å². The van der Waals surface area contributed by atoms with Gasteiger partial charge in [-0.25, -0.2) is 0 Å². The molecule has 0 heterocycles.